The number of rotatable bonds is 6. The van der Waals surface area contributed by atoms with Crippen LogP contribution in [0.4, 0.5) is 0 Å². The molecule has 1 radical (unpaired) electrons. The van der Waals surface area contributed by atoms with Gasteiger partial charge in [0.05, 0.1) is 5.92 Å². The number of hydrogen-bond acceptors (Lipinski definition) is 1. The second-order valence-electron chi connectivity index (χ2n) is 2.95. The fraction of sp³-hybridized carbons (Fsp3) is 0.889. The van der Waals surface area contributed by atoms with Crippen LogP contribution in [0.3, 0.4) is 0 Å². The van der Waals surface area contributed by atoms with Crippen LogP contribution < -0.4 is 0 Å². The van der Waals surface area contributed by atoms with Crippen LogP contribution in [0.1, 0.15) is 46.0 Å². The maximum atomic E-state index is 10.5. The Bertz CT molecular complexity index is 110. The molecule has 0 aliphatic carbocycles. The largest absolute Gasteiger partial charge is 0.358 e. The first-order chi connectivity index (χ1) is 5.22. The molecule has 0 aromatic rings. The molecule has 11 heavy (non-hydrogen) atoms. The van der Waals surface area contributed by atoms with Gasteiger partial charge in [0.15, 0.2) is 0 Å². The lowest BCUT2D eigenvalue weighted by molar-refractivity contribution is -0.148. The summed E-state index contributed by atoms with van der Waals surface area (Å²) in [6.45, 7) is 4.07. The topological polar surface area (TPSA) is 37.0 Å². The van der Waals surface area contributed by atoms with Gasteiger partial charge in [-0.15, -0.1) is 0 Å². The quantitative estimate of drug-likeness (QED) is 0.583. The molecule has 0 aromatic heterocycles. The lowest BCUT2D eigenvalue weighted by Crippen LogP contribution is -2.11. The van der Waals surface area contributed by atoms with E-state index in [0.717, 1.165) is 32.1 Å². The number of carbonyl (C=O) groups is 1. The molecule has 0 bridgehead atoms. The normalized spacial score (nSPS) is 12.9. The molecule has 0 amide bonds. The summed E-state index contributed by atoms with van der Waals surface area (Å²) in [5.74, 6) is -1.08. The highest BCUT2D eigenvalue weighted by Gasteiger charge is 2.16. The van der Waals surface area contributed by atoms with Gasteiger partial charge in [-0.2, -0.15) is 0 Å². The summed E-state index contributed by atoms with van der Waals surface area (Å²) in [5.41, 5.74) is 0. The van der Waals surface area contributed by atoms with Crippen molar-refractivity contribution in [3.05, 3.63) is 0 Å². The molecule has 0 fully saturated rings. The van der Waals surface area contributed by atoms with Crippen molar-refractivity contribution in [1.82, 2.24) is 0 Å². The number of hydrogen-bond donors (Lipinski definition) is 0. The van der Waals surface area contributed by atoms with Crippen molar-refractivity contribution < 1.29 is 9.90 Å². The van der Waals surface area contributed by atoms with Crippen LogP contribution in [0.5, 0.6) is 0 Å². The molecule has 0 aliphatic rings. The highest BCUT2D eigenvalue weighted by molar-refractivity contribution is 5.69. The number of unbranched alkanes of at least 4 members (excludes halogenated alkanes) is 1. The summed E-state index contributed by atoms with van der Waals surface area (Å²) in [6.07, 6.45) is 4.55. The third kappa shape index (κ3) is 4.82. The summed E-state index contributed by atoms with van der Waals surface area (Å²) < 4.78 is 0. The van der Waals surface area contributed by atoms with Crippen LogP contribution in [-0.4, -0.2) is 5.97 Å². The Hall–Kier alpha value is -0.530. The Labute approximate surface area is 68.6 Å². The highest BCUT2D eigenvalue weighted by atomic mass is 16.4. The fourth-order valence-electron chi connectivity index (χ4n) is 1.18. The Morgan fingerprint density at radius 2 is 1.82 bits per heavy atom. The van der Waals surface area contributed by atoms with Crippen molar-refractivity contribution in [3.8, 4) is 0 Å². The standard InChI is InChI=1S/C9H17O2/c1-3-5-7-8(6-4-2)9(10)11/h8H,3-7H2,1-2H3. The molecule has 2 nitrogen and oxygen atoms in total. The minimum absolute atomic E-state index is 0.208. The molecule has 2 heteroatoms. The molecule has 0 aliphatic heterocycles. The maximum Gasteiger partial charge on any atom is 0.358 e. The lowest BCUT2D eigenvalue weighted by atomic mass is 9.97. The van der Waals surface area contributed by atoms with Gasteiger partial charge in [-0.25, -0.2) is 9.90 Å². The van der Waals surface area contributed by atoms with Gasteiger partial charge in [-0.3, -0.25) is 0 Å². The average molecular weight is 157 g/mol. The minimum Gasteiger partial charge on any atom is -0.247 e. The molecular formula is C9H17O2. The molecule has 1 atom stereocenters. The van der Waals surface area contributed by atoms with E-state index in [2.05, 4.69) is 6.92 Å². The van der Waals surface area contributed by atoms with E-state index in [4.69, 9.17) is 0 Å². The van der Waals surface area contributed by atoms with Crippen molar-refractivity contribution in [3.63, 3.8) is 0 Å². The van der Waals surface area contributed by atoms with Crippen LogP contribution in [0.25, 0.3) is 0 Å². The first-order valence-corrected chi connectivity index (χ1v) is 4.43. The van der Waals surface area contributed by atoms with Gasteiger partial charge in [-0.1, -0.05) is 33.1 Å². The van der Waals surface area contributed by atoms with Crippen LogP contribution in [0.2, 0.25) is 0 Å². The zero-order chi connectivity index (χ0) is 8.69. The van der Waals surface area contributed by atoms with Gasteiger partial charge in [0.2, 0.25) is 0 Å². The van der Waals surface area contributed by atoms with Crippen LogP contribution >= 0.6 is 0 Å². The van der Waals surface area contributed by atoms with Gasteiger partial charge in [0.25, 0.3) is 0 Å². The summed E-state index contributed by atoms with van der Waals surface area (Å²) >= 11 is 0. The Morgan fingerprint density at radius 3 is 2.18 bits per heavy atom. The SMILES string of the molecule is CCCCC(CCC)C([O])=O. The highest BCUT2D eigenvalue weighted by Crippen LogP contribution is 2.14. The van der Waals surface area contributed by atoms with Gasteiger partial charge in [-0.05, 0) is 12.8 Å². The Balaban J connectivity index is 3.60. The van der Waals surface area contributed by atoms with E-state index in [1.54, 1.807) is 0 Å². The molecule has 0 aromatic carbocycles. The predicted molar refractivity (Wildman–Crippen MR) is 43.6 cm³/mol. The van der Waals surface area contributed by atoms with Crippen molar-refractivity contribution in [2.24, 2.45) is 5.92 Å². The molecule has 0 rings (SSSR count). The Morgan fingerprint density at radius 1 is 1.18 bits per heavy atom. The van der Waals surface area contributed by atoms with E-state index in [-0.39, 0.29) is 5.92 Å². The third-order valence-corrected chi connectivity index (χ3v) is 1.88. The van der Waals surface area contributed by atoms with Crippen molar-refractivity contribution in [1.29, 1.82) is 0 Å². The smallest absolute Gasteiger partial charge is 0.247 e. The monoisotopic (exact) mass is 157 g/mol. The van der Waals surface area contributed by atoms with Crippen molar-refractivity contribution in [2.45, 2.75) is 46.0 Å². The van der Waals surface area contributed by atoms with Gasteiger partial charge in [0, 0.05) is 0 Å². The first kappa shape index (κ1) is 10.5. The lowest BCUT2D eigenvalue weighted by Gasteiger charge is -2.07. The van der Waals surface area contributed by atoms with E-state index in [0.29, 0.717) is 0 Å². The second kappa shape index (κ2) is 6.20. The molecule has 0 N–H and O–H groups in total. The van der Waals surface area contributed by atoms with Crippen LogP contribution in [0, 0.1) is 5.92 Å². The van der Waals surface area contributed by atoms with Crippen LogP contribution in [0.15, 0.2) is 0 Å². The molecule has 0 spiro atoms. The van der Waals surface area contributed by atoms with E-state index < -0.39 is 5.97 Å². The Kier molecular flexibility index (Phi) is 5.90. The first-order valence-electron chi connectivity index (χ1n) is 4.43. The third-order valence-electron chi connectivity index (χ3n) is 1.88. The van der Waals surface area contributed by atoms with E-state index in [1.807, 2.05) is 6.92 Å². The molecule has 0 saturated carbocycles. The van der Waals surface area contributed by atoms with E-state index >= 15 is 0 Å². The summed E-state index contributed by atoms with van der Waals surface area (Å²) in [6, 6.07) is 0. The fourth-order valence-corrected chi connectivity index (χ4v) is 1.18. The van der Waals surface area contributed by atoms with E-state index in [9.17, 15) is 9.90 Å². The zero-order valence-corrected chi connectivity index (χ0v) is 7.43. The number of carbonyl (C=O) groups excluding carboxylic acids is 1. The van der Waals surface area contributed by atoms with Gasteiger partial charge < -0.3 is 0 Å². The minimum atomic E-state index is -0.875. The molecule has 65 valence electrons. The average Bonchev–Trinajstić information content (AvgIpc) is 1.97. The zero-order valence-electron chi connectivity index (χ0n) is 7.43. The molecule has 0 heterocycles. The second-order valence-corrected chi connectivity index (χ2v) is 2.95. The predicted octanol–water partition coefficient (Wildman–Crippen LogP) is 2.55. The summed E-state index contributed by atoms with van der Waals surface area (Å²) in [4.78, 5) is 10.5. The van der Waals surface area contributed by atoms with Gasteiger partial charge in [0.1, 0.15) is 0 Å². The van der Waals surface area contributed by atoms with Crippen molar-refractivity contribution in [2.75, 3.05) is 0 Å². The van der Waals surface area contributed by atoms with E-state index in [1.165, 1.54) is 0 Å². The molecule has 1 unspecified atom stereocenters. The van der Waals surface area contributed by atoms with Crippen LogP contribution in [-0.2, 0) is 9.90 Å². The summed E-state index contributed by atoms with van der Waals surface area (Å²) in [7, 11) is 0. The molecular weight excluding hydrogens is 140 g/mol. The summed E-state index contributed by atoms with van der Waals surface area (Å²) in [5, 5.41) is 10.5. The van der Waals surface area contributed by atoms with Gasteiger partial charge >= 0.3 is 5.97 Å². The maximum absolute atomic E-state index is 10.5. The van der Waals surface area contributed by atoms with Crippen molar-refractivity contribution >= 4 is 5.97 Å². The molecule has 0 saturated heterocycles.